The van der Waals surface area contributed by atoms with Crippen molar-refractivity contribution in [3.63, 3.8) is 0 Å². The van der Waals surface area contributed by atoms with Crippen LogP contribution < -0.4 is 44.8 Å². The van der Waals surface area contributed by atoms with Crippen molar-refractivity contribution < 1.29 is 74.0 Å². The molecule has 0 aliphatic rings. The Morgan fingerprint density at radius 3 is 1.76 bits per heavy atom. The van der Waals surface area contributed by atoms with E-state index in [1.165, 1.54) is 24.3 Å². The zero-order chi connectivity index (χ0) is 38.4. The Hall–Kier alpha value is -4.53. The molecule has 0 unspecified atom stereocenters. The predicted octanol–water partition coefficient (Wildman–Crippen LogP) is 6.01. The minimum atomic E-state index is -5.91. The van der Waals surface area contributed by atoms with E-state index < -0.39 is 55.6 Å². The molecule has 8 nitrogen and oxygen atoms in total. The first-order valence-corrected chi connectivity index (χ1v) is 18.1. The molecular weight excluding hydrogens is 737 g/mol. The molecule has 5 aromatic rings. The number of aryl methyl sites for hydroxylation is 1. The van der Waals surface area contributed by atoms with E-state index in [0.29, 0.717) is 23.1 Å². The van der Waals surface area contributed by atoms with Gasteiger partial charge in [0, 0.05) is 30.2 Å². The number of nitrogens with zero attached hydrogens (tertiary/aromatic N) is 1. The van der Waals surface area contributed by atoms with Crippen LogP contribution >= 0.6 is 0 Å². The van der Waals surface area contributed by atoms with Crippen LogP contribution in [0, 0.1) is 23.3 Å². The molecule has 0 N–H and O–H groups in total. The van der Waals surface area contributed by atoms with Gasteiger partial charge in [-0.2, -0.15) is 8.78 Å². The third-order valence-corrected chi connectivity index (χ3v) is 9.22. The standard InChI is InChI=1S/C40H35F4NO7S.Na/c1-4-21-45(22-5-2)28-18-20-30-29(6-3)31(40(47)51-32(30)23-28)19-15-25-10-7-24(8-11-25)9-12-26-13-16-27(17-14-26)39(46)52-37-33(41)35(43)38(53(48,49)50)36(44)34(37)42;/h7-20,23H,4-6,21-22H2,1-3H3,(H,48,49,50);/q;+1/p-1/b12-9+,19-15+;. The second kappa shape index (κ2) is 18.2. The van der Waals surface area contributed by atoms with Crippen molar-refractivity contribution in [2.24, 2.45) is 0 Å². The zero-order valence-corrected chi connectivity index (χ0v) is 32.7. The number of halogens is 4. The largest absolute Gasteiger partial charge is 1.00 e. The van der Waals surface area contributed by atoms with Crippen molar-refractivity contribution in [2.75, 3.05) is 18.0 Å². The Labute approximate surface area is 331 Å². The number of hydrogen-bond donors (Lipinski definition) is 0. The average molecular weight is 772 g/mol. The van der Waals surface area contributed by atoms with Gasteiger partial charge in [-0.15, -0.1) is 0 Å². The Bertz CT molecular complexity index is 2360. The number of hydrogen-bond acceptors (Lipinski definition) is 8. The van der Waals surface area contributed by atoms with Crippen molar-refractivity contribution in [1.82, 2.24) is 0 Å². The molecule has 0 saturated carbocycles. The first-order valence-electron chi connectivity index (χ1n) is 16.7. The topological polar surface area (TPSA) is 117 Å². The molecule has 54 heavy (non-hydrogen) atoms. The van der Waals surface area contributed by atoms with Crippen LogP contribution in [0.15, 0.2) is 80.8 Å². The van der Waals surface area contributed by atoms with Gasteiger partial charge in [-0.1, -0.05) is 75.4 Å². The quantitative estimate of drug-likeness (QED) is 0.0209. The van der Waals surface area contributed by atoms with Crippen molar-refractivity contribution in [3.8, 4) is 5.75 Å². The molecule has 1 aromatic heterocycles. The Kier molecular flexibility index (Phi) is 14.2. The summed E-state index contributed by atoms with van der Waals surface area (Å²) in [5.41, 5.74) is 4.60. The van der Waals surface area contributed by atoms with Crippen molar-refractivity contribution in [2.45, 2.75) is 44.9 Å². The van der Waals surface area contributed by atoms with Crippen LogP contribution in [-0.4, -0.2) is 32.0 Å². The van der Waals surface area contributed by atoms with E-state index in [-0.39, 0.29) is 35.1 Å². The third kappa shape index (κ3) is 9.39. The molecule has 5 rings (SSSR count). The number of esters is 1. The van der Waals surface area contributed by atoms with Crippen LogP contribution in [0.25, 0.3) is 35.3 Å². The normalized spacial score (nSPS) is 11.7. The van der Waals surface area contributed by atoms with Crippen LogP contribution in [0.5, 0.6) is 5.75 Å². The third-order valence-electron chi connectivity index (χ3n) is 8.36. The fourth-order valence-corrected chi connectivity index (χ4v) is 6.41. The van der Waals surface area contributed by atoms with E-state index in [4.69, 9.17) is 4.42 Å². The van der Waals surface area contributed by atoms with E-state index in [9.17, 15) is 40.1 Å². The molecule has 0 amide bonds. The summed E-state index contributed by atoms with van der Waals surface area (Å²) in [6.45, 7) is 8.10. The zero-order valence-electron chi connectivity index (χ0n) is 29.9. The molecular formula is C40H34F4NNaO7S. The maximum absolute atomic E-state index is 14.3. The van der Waals surface area contributed by atoms with Gasteiger partial charge in [0.25, 0.3) is 0 Å². The molecule has 0 atom stereocenters. The van der Waals surface area contributed by atoms with Gasteiger partial charge in [0.2, 0.25) is 17.4 Å². The smallest absolute Gasteiger partial charge is 0.744 e. The number of rotatable bonds is 13. The van der Waals surface area contributed by atoms with Gasteiger partial charge in [0.15, 0.2) is 11.6 Å². The van der Waals surface area contributed by atoms with Gasteiger partial charge in [0.1, 0.15) is 20.6 Å². The van der Waals surface area contributed by atoms with E-state index in [1.807, 2.05) is 49.4 Å². The van der Waals surface area contributed by atoms with Crippen molar-refractivity contribution in [3.05, 3.63) is 134 Å². The SMILES string of the molecule is CCCN(CCC)c1ccc2c(CC)c(/C=C/c3ccc(/C=C/c4ccc(C(=O)Oc5c(F)c(F)c(S(=O)(=O)[O-])c(F)c5F)cc4)cc3)c(=O)oc2c1.[Na+]. The molecule has 1 heterocycles. The van der Waals surface area contributed by atoms with Gasteiger partial charge < -0.3 is 18.6 Å². The number of carbonyl (C=O) groups is 1. The number of benzene rings is 4. The first kappa shape index (κ1) is 42.2. The second-order valence-electron chi connectivity index (χ2n) is 12.0. The Morgan fingerprint density at radius 2 is 1.28 bits per heavy atom. The summed E-state index contributed by atoms with van der Waals surface area (Å²) in [4.78, 5) is 25.5. The Balaban J connectivity index is 0.00000650. The second-order valence-corrected chi connectivity index (χ2v) is 13.3. The van der Waals surface area contributed by atoms with E-state index in [0.717, 1.165) is 53.7 Å². The average Bonchev–Trinajstić information content (AvgIpc) is 3.13. The number of ether oxygens (including phenoxy) is 1. The predicted molar refractivity (Wildman–Crippen MR) is 195 cm³/mol. The molecule has 14 heteroatoms. The van der Waals surface area contributed by atoms with E-state index >= 15 is 0 Å². The molecule has 0 aliphatic heterocycles. The van der Waals surface area contributed by atoms with Crippen LogP contribution in [0.1, 0.15) is 71.8 Å². The van der Waals surface area contributed by atoms with Crippen LogP contribution in [0.2, 0.25) is 0 Å². The van der Waals surface area contributed by atoms with Crippen LogP contribution in [0.3, 0.4) is 0 Å². The van der Waals surface area contributed by atoms with E-state index in [1.54, 1.807) is 18.2 Å². The Morgan fingerprint density at radius 1 is 0.778 bits per heavy atom. The van der Waals surface area contributed by atoms with Crippen LogP contribution in [-0.2, 0) is 16.5 Å². The fourth-order valence-electron chi connectivity index (χ4n) is 5.80. The summed E-state index contributed by atoms with van der Waals surface area (Å²) in [5, 5.41) is 0.897. The molecule has 0 bridgehead atoms. The summed E-state index contributed by atoms with van der Waals surface area (Å²) in [5.74, 6) is -13.0. The molecule has 0 fully saturated rings. The summed E-state index contributed by atoms with van der Waals surface area (Å²) in [7, 11) is -5.91. The monoisotopic (exact) mass is 771 g/mol. The summed E-state index contributed by atoms with van der Waals surface area (Å²) >= 11 is 0. The van der Waals surface area contributed by atoms with E-state index in [2.05, 4.69) is 29.6 Å². The van der Waals surface area contributed by atoms with Gasteiger partial charge in [-0.3, -0.25) is 0 Å². The molecule has 0 saturated heterocycles. The number of anilines is 1. The molecule has 0 spiro atoms. The summed E-state index contributed by atoms with van der Waals surface area (Å²) < 4.78 is 99.9. The summed E-state index contributed by atoms with van der Waals surface area (Å²) in [6, 6.07) is 18.9. The van der Waals surface area contributed by atoms with Crippen molar-refractivity contribution >= 4 is 57.0 Å². The molecule has 276 valence electrons. The minimum absolute atomic E-state index is 0. The van der Waals surface area contributed by atoms with Gasteiger partial charge >= 0.3 is 41.2 Å². The summed E-state index contributed by atoms with van der Waals surface area (Å²) in [6.07, 6.45) is 9.76. The fraction of sp³-hybridized carbons (Fsp3) is 0.200. The van der Waals surface area contributed by atoms with Crippen molar-refractivity contribution in [1.29, 1.82) is 0 Å². The minimum Gasteiger partial charge on any atom is -0.744 e. The maximum Gasteiger partial charge on any atom is 1.00 e. The van der Waals surface area contributed by atoms with Gasteiger partial charge in [0.05, 0.1) is 11.1 Å². The molecule has 0 aliphatic carbocycles. The number of fused-ring (bicyclic) bond motifs is 1. The number of carbonyl (C=O) groups excluding carboxylic acids is 1. The first-order chi connectivity index (χ1) is 25.3. The van der Waals surface area contributed by atoms with Gasteiger partial charge in [-0.25, -0.2) is 26.8 Å². The molecule has 0 radical (unpaired) electrons. The maximum atomic E-state index is 14.3. The molecule has 4 aromatic carbocycles. The van der Waals surface area contributed by atoms with Gasteiger partial charge in [-0.05, 0) is 71.9 Å². The van der Waals surface area contributed by atoms with Crippen LogP contribution in [0.4, 0.5) is 23.2 Å².